The maximum Gasteiger partial charge on any atom is 0.326 e. The zero-order chi connectivity index (χ0) is 22.0. The molecule has 0 amide bonds. The molecule has 0 saturated carbocycles. The molecule has 9 heteroatoms. The molecule has 0 radical (unpaired) electrons. The molecule has 0 saturated heterocycles. The Balaban J connectivity index is 1.47. The number of methoxy groups -OCH3 is 1. The second-order valence-corrected chi connectivity index (χ2v) is 8.96. The van der Waals surface area contributed by atoms with Gasteiger partial charge in [0.15, 0.2) is 11.5 Å². The summed E-state index contributed by atoms with van der Waals surface area (Å²) in [6.07, 6.45) is 0. The highest BCUT2D eigenvalue weighted by Gasteiger charge is 2.26. The van der Waals surface area contributed by atoms with Crippen LogP contribution in [0.5, 0.6) is 23.0 Å². The molecule has 0 bridgehead atoms. The molecule has 0 aromatic heterocycles. The van der Waals surface area contributed by atoms with Gasteiger partial charge in [0.05, 0.1) is 12.0 Å². The Morgan fingerprint density at radius 2 is 1.61 bits per heavy atom. The van der Waals surface area contributed by atoms with E-state index >= 15 is 0 Å². The Hall–Kier alpha value is -3.30. The number of ether oxygens (including phenoxy) is 4. The van der Waals surface area contributed by atoms with Crippen LogP contribution < -0.4 is 18.9 Å². The predicted molar refractivity (Wildman–Crippen MR) is 113 cm³/mol. The lowest BCUT2D eigenvalue weighted by molar-refractivity contribution is -0.134. The molecule has 4 rings (SSSR count). The van der Waals surface area contributed by atoms with E-state index in [1.165, 1.54) is 25.2 Å². The van der Waals surface area contributed by atoms with E-state index in [0.717, 1.165) is 15.1 Å². The summed E-state index contributed by atoms with van der Waals surface area (Å²) >= 11 is 0. The third-order valence-corrected chi connectivity index (χ3v) is 6.62. The highest BCUT2D eigenvalue weighted by atomic mass is 32.2. The van der Waals surface area contributed by atoms with Gasteiger partial charge in [-0.25, -0.2) is 8.42 Å². The summed E-state index contributed by atoms with van der Waals surface area (Å²) in [6, 6.07) is 15.1. The minimum Gasteiger partial charge on any atom is -0.497 e. The third kappa shape index (κ3) is 4.42. The minimum absolute atomic E-state index is 0.00449. The van der Waals surface area contributed by atoms with Gasteiger partial charge in [-0.2, -0.15) is 4.31 Å². The van der Waals surface area contributed by atoms with Crippen LogP contribution in [0.1, 0.15) is 0 Å². The van der Waals surface area contributed by atoms with Crippen LogP contribution in [0, 0.1) is 0 Å². The Labute approximate surface area is 179 Å². The number of rotatable bonds is 6. The zero-order valence-electron chi connectivity index (χ0n) is 17.0. The van der Waals surface area contributed by atoms with Gasteiger partial charge in [0.2, 0.25) is 10.0 Å². The summed E-state index contributed by atoms with van der Waals surface area (Å²) in [4.78, 5) is 12.4. The van der Waals surface area contributed by atoms with Crippen molar-refractivity contribution >= 4 is 26.8 Å². The Kier molecular flexibility index (Phi) is 5.71. The molecule has 0 atom stereocenters. The molecule has 8 nitrogen and oxygen atoms in total. The molecule has 0 spiro atoms. The smallest absolute Gasteiger partial charge is 0.326 e. The minimum atomic E-state index is -3.92. The number of nitrogens with zero attached hydrogens (tertiary/aromatic N) is 1. The number of likely N-dealkylation sites (N-methyl/N-ethyl adjacent to an activating group) is 1. The quantitative estimate of drug-likeness (QED) is 0.427. The summed E-state index contributed by atoms with van der Waals surface area (Å²) in [7, 11) is -1.03. The van der Waals surface area contributed by atoms with Gasteiger partial charge < -0.3 is 18.9 Å². The number of benzene rings is 3. The van der Waals surface area contributed by atoms with Crippen LogP contribution in [0.25, 0.3) is 10.8 Å². The molecule has 3 aromatic carbocycles. The van der Waals surface area contributed by atoms with Crippen LogP contribution in [0.4, 0.5) is 0 Å². The average Bonchev–Trinajstić information content (AvgIpc) is 2.78. The summed E-state index contributed by atoms with van der Waals surface area (Å²) in [6.45, 7) is 0.301. The van der Waals surface area contributed by atoms with Gasteiger partial charge in [0.1, 0.15) is 31.3 Å². The van der Waals surface area contributed by atoms with Crippen molar-refractivity contribution in [2.45, 2.75) is 4.90 Å². The van der Waals surface area contributed by atoms with Crippen molar-refractivity contribution in [1.82, 2.24) is 4.31 Å². The molecule has 162 valence electrons. The van der Waals surface area contributed by atoms with Crippen molar-refractivity contribution < 1.29 is 32.2 Å². The molecule has 1 heterocycles. The fourth-order valence-corrected chi connectivity index (χ4v) is 4.32. The van der Waals surface area contributed by atoms with Crippen LogP contribution in [-0.4, -0.2) is 52.6 Å². The second-order valence-electron chi connectivity index (χ2n) is 6.92. The normalized spacial score (nSPS) is 13.3. The largest absolute Gasteiger partial charge is 0.497 e. The number of fused-ring (bicyclic) bond motifs is 2. The van der Waals surface area contributed by atoms with E-state index in [0.29, 0.717) is 36.2 Å². The molecule has 1 aliphatic rings. The topological polar surface area (TPSA) is 91.4 Å². The average molecular weight is 443 g/mol. The van der Waals surface area contributed by atoms with Gasteiger partial charge >= 0.3 is 5.97 Å². The third-order valence-electron chi connectivity index (χ3n) is 4.82. The monoisotopic (exact) mass is 443 g/mol. The highest BCUT2D eigenvalue weighted by molar-refractivity contribution is 7.89. The summed E-state index contributed by atoms with van der Waals surface area (Å²) < 4.78 is 48.1. The Morgan fingerprint density at radius 3 is 2.35 bits per heavy atom. The SMILES string of the molecule is COc1ccc2ccc(OC(=O)CN(C)S(=O)(=O)c3ccc4c(c3)OCCO4)cc2c1. The van der Waals surface area contributed by atoms with Crippen LogP contribution in [-0.2, 0) is 14.8 Å². The first-order valence-corrected chi connectivity index (χ1v) is 11.0. The van der Waals surface area contributed by atoms with Crippen molar-refractivity contribution in [2.24, 2.45) is 0 Å². The number of hydrogen-bond donors (Lipinski definition) is 0. The molecular weight excluding hydrogens is 422 g/mol. The number of esters is 1. The van der Waals surface area contributed by atoms with Crippen LogP contribution in [0.3, 0.4) is 0 Å². The van der Waals surface area contributed by atoms with Gasteiger partial charge in [0.25, 0.3) is 0 Å². The second kappa shape index (κ2) is 8.44. The van der Waals surface area contributed by atoms with E-state index in [1.54, 1.807) is 19.2 Å². The van der Waals surface area contributed by atoms with Gasteiger partial charge in [-0.05, 0) is 47.2 Å². The van der Waals surface area contributed by atoms with Crippen molar-refractivity contribution in [3.63, 3.8) is 0 Å². The first kappa shape index (κ1) is 21.0. The van der Waals surface area contributed by atoms with Crippen molar-refractivity contribution in [3.05, 3.63) is 54.6 Å². The standard InChI is InChI=1S/C22H21NO7S/c1-23(31(25,26)19-7-8-20-21(13-19)29-10-9-28-20)14-22(24)30-18-6-4-15-3-5-17(27-2)11-16(15)12-18/h3-8,11-13H,9-10,14H2,1-2H3. The number of carbonyl (C=O) groups is 1. The fourth-order valence-electron chi connectivity index (χ4n) is 3.19. The van der Waals surface area contributed by atoms with Gasteiger partial charge in [-0.3, -0.25) is 4.79 Å². The maximum atomic E-state index is 12.9. The molecule has 31 heavy (non-hydrogen) atoms. The predicted octanol–water partition coefficient (Wildman–Crippen LogP) is 2.85. The van der Waals surface area contributed by atoms with E-state index in [2.05, 4.69) is 0 Å². The van der Waals surface area contributed by atoms with E-state index in [4.69, 9.17) is 18.9 Å². The number of hydrogen-bond acceptors (Lipinski definition) is 7. The lowest BCUT2D eigenvalue weighted by atomic mass is 10.1. The van der Waals surface area contributed by atoms with Gasteiger partial charge in [0, 0.05) is 13.1 Å². The van der Waals surface area contributed by atoms with Crippen LogP contribution >= 0.6 is 0 Å². The number of sulfonamides is 1. The van der Waals surface area contributed by atoms with E-state index in [9.17, 15) is 13.2 Å². The maximum absolute atomic E-state index is 12.9. The molecular formula is C22H21NO7S. The van der Waals surface area contributed by atoms with Gasteiger partial charge in [-0.1, -0.05) is 12.1 Å². The molecule has 3 aromatic rings. The van der Waals surface area contributed by atoms with Crippen molar-refractivity contribution in [2.75, 3.05) is 33.9 Å². The summed E-state index contributed by atoms with van der Waals surface area (Å²) in [5.41, 5.74) is 0. The van der Waals surface area contributed by atoms with Crippen molar-refractivity contribution in [3.8, 4) is 23.0 Å². The number of carbonyl (C=O) groups excluding carboxylic acids is 1. The Bertz CT molecular complexity index is 1240. The first-order valence-electron chi connectivity index (χ1n) is 9.51. The summed E-state index contributed by atoms with van der Waals surface area (Å²) in [5, 5.41) is 1.79. The lowest BCUT2D eigenvalue weighted by Crippen LogP contribution is -2.34. The first-order chi connectivity index (χ1) is 14.9. The fraction of sp³-hybridized carbons (Fsp3) is 0.227. The zero-order valence-corrected chi connectivity index (χ0v) is 17.8. The summed E-state index contributed by atoms with van der Waals surface area (Å²) in [5.74, 6) is 1.14. The lowest BCUT2D eigenvalue weighted by Gasteiger charge is -2.20. The van der Waals surface area contributed by atoms with Crippen LogP contribution in [0.15, 0.2) is 59.5 Å². The van der Waals surface area contributed by atoms with Crippen molar-refractivity contribution in [1.29, 1.82) is 0 Å². The molecule has 0 N–H and O–H groups in total. The molecule has 0 unspecified atom stereocenters. The van der Waals surface area contributed by atoms with E-state index in [-0.39, 0.29) is 4.90 Å². The molecule has 0 fully saturated rings. The van der Waals surface area contributed by atoms with Gasteiger partial charge in [-0.15, -0.1) is 0 Å². The van der Waals surface area contributed by atoms with Crippen LogP contribution in [0.2, 0.25) is 0 Å². The molecule has 1 aliphatic heterocycles. The van der Waals surface area contributed by atoms with E-state index in [1.807, 2.05) is 24.3 Å². The highest BCUT2D eigenvalue weighted by Crippen LogP contribution is 2.33. The van der Waals surface area contributed by atoms with E-state index < -0.39 is 22.5 Å². The molecule has 0 aliphatic carbocycles. The Morgan fingerprint density at radius 1 is 0.935 bits per heavy atom.